The van der Waals surface area contributed by atoms with E-state index in [9.17, 15) is 8.42 Å². The highest BCUT2D eigenvalue weighted by atomic mass is 35.5. The van der Waals surface area contributed by atoms with Gasteiger partial charge in [-0.05, 0) is 0 Å². The van der Waals surface area contributed by atoms with E-state index in [4.69, 9.17) is 21.3 Å². The van der Waals surface area contributed by atoms with E-state index in [1.165, 1.54) is 0 Å². The molecule has 0 bridgehead atoms. The molecule has 0 heterocycles. The van der Waals surface area contributed by atoms with Crippen LogP contribution in [0.4, 0.5) is 0 Å². The van der Waals surface area contributed by atoms with Crippen molar-refractivity contribution in [2.45, 2.75) is 5.12 Å². The van der Waals surface area contributed by atoms with Crippen LogP contribution in [0.2, 0.25) is 0 Å². The van der Waals surface area contributed by atoms with E-state index in [2.05, 4.69) is 4.74 Å². The maximum absolute atomic E-state index is 10.2. The lowest BCUT2D eigenvalue weighted by molar-refractivity contribution is -0.102. The molecule has 2 N–H and O–H groups in total. The van der Waals surface area contributed by atoms with Crippen molar-refractivity contribution in [1.82, 2.24) is 0 Å². The summed E-state index contributed by atoms with van der Waals surface area (Å²) in [4.78, 5) is 0. The number of aliphatic hydroxyl groups is 1. The molecular formula is C3H7ClO5S. The number of halogens is 1. The Morgan fingerprint density at radius 1 is 1.70 bits per heavy atom. The molecule has 62 valence electrons. The lowest BCUT2D eigenvalue weighted by atomic mass is 10.7. The number of methoxy groups -OCH3 is 1. The maximum atomic E-state index is 10.2. The van der Waals surface area contributed by atoms with Gasteiger partial charge in [-0.3, -0.25) is 4.55 Å². The van der Waals surface area contributed by atoms with E-state index in [1.807, 2.05) is 0 Å². The van der Waals surface area contributed by atoms with Crippen LogP contribution in [-0.2, 0) is 14.9 Å². The third kappa shape index (κ3) is 1.80. The molecule has 0 fully saturated rings. The molecule has 1 unspecified atom stereocenters. The Morgan fingerprint density at radius 3 is 2.10 bits per heavy atom. The SMILES string of the molecule is COC(O)(CCl)S(=O)(=O)O. The summed E-state index contributed by atoms with van der Waals surface area (Å²) in [6.45, 7) is 0. The van der Waals surface area contributed by atoms with E-state index < -0.39 is 21.1 Å². The Bertz CT molecular complexity index is 193. The minimum Gasteiger partial charge on any atom is -0.351 e. The first-order chi connectivity index (χ1) is 4.37. The van der Waals surface area contributed by atoms with Crippen molar-refractivity contribution in [2.24, 2.45) is 0 Å². The molecule has 0 aliphatic heterocycles. The molecule has 0 aromatic heterocycles. The second kappa shape index (κ2) is 3.02. The zero-order valence-electron chi connectivity index (χ0n) is 5.11. The molecule has 5 nitrogen and oxygen atoms in total. The van der Waals surface area contributed by atoms with Crippen molar-refractivity contribution in [2.75, 3.05) is 13.0 Å². The van der Waals surface area contributed by atoms with Crippen LogP contribution in [0.5, 0.6) is 0 Å². The fourth-order valence-corrected chi connectivity index (χ4v) is 1.10. The second-order valence-corrected chi connectivity index (χ2v) is 3.38. The number of alkyl halides is 1. The van der Waals surface area contributed by atoms with Crippen molar-refractivity contribution >= 4 is 21.7 Å². The van der Waals surface area contributed by atoms with Gasteiger partial charge >= 0.3 is 15.2 Å². The topological polar surface area (TPSA) is 83.8 Å². The molecule has 0 aromatic rings. The third-order valence-electron chi connectivity index (χ3n) is 0.891. The molecule has 0 aliphatic carbocycles. The fraction of sp³-hybridized carbons (Fsp3) is 1.00. The van der Waals surface area contributed by atoms with Gasteiger partial charge in [0.15, 0.2) is 0 Å². The molecule has 0 aliphatic rings. The van der Waals surface area contributed by atoms with E-state index in [0.717, 1.165) is 7.11 Å². The average Bonchev–Trinajstić information content (AvgIpc) is 1.84. The number of rotatable bonds is 3. The molecule has 0 saturated heterocycles. The molecule has 1 atom stereocenters. The van der Waals surface area contributed by atoms with Gasteiger partial charge in [0.2, 0.25) is 0 Å². The van der Waals surface area contributed by atoms with Crippen LogP contribution in [0.1, 0.15) is 0 Å². The van der Waals surface area contributed by atoms with Crippen molar-refractivity contribution < 1.29 is 22.8 Å². The Morgan fingerprint density at radius 2 is 2.10 bits per heavy atom. The summed E-state index contributed by atoms with van der Waals surface area (Å²) in [5, 5.41) is 6.09. The molecule has 0 spiro atoms. The molecule has 7 heteroatoms. The van der Waals surface area contributed by atoms with Gasteiger partial charge in [-0.25, -0.2) is 0 Å². The first kappa shape index (κ1) is 10.1. The third-order valence-corrected chi connectivity index (χ3v) is 2.53. The van der Waals surface area contributed by atoms with Gasteiger partial charge < -0.3 is 9.84 Å². The summed E-state index contributed by atoms with van der Waals surface area (Å²) in [7, 11) is -3.75. The van der Waals surface area contributed by atoms with Gasteiger partial charge in [-0.2, -0.15) is 8.42 Å². The van der Waals surface area contributed by atoms with Gasteiger partial charge in [0.05, 0.1) is 5.88 Å². The van der Waals surface area contributed by atoms with E-state index >= 15 is 0 Å². The molecule has 0 radical (unpaired) electrons. The molecule has 0 aromatic carbocycles. The molecule has 0 saturated carbocycles. The van der Waals surface area contributed by atoms with Crippen molar-refractivity contribution in [1.29, 1.82) is 0 Å². The fourth-order valence-electron chi connectivity index (χ4n) is 0.229. The van der Waals surface area contributed by atoms with Gasteiger partial charge in [0, 0.05) is 7.11 Å². The lowest BCUT2D eigenvalue weighted by Crippen LogP contribution is -2.41. The predicted octanol–water partition coefficient (Wildman–Crippen LogP) is -0.595. The molecule has 10 heavy (non-hydrogen) atoms. The zero-order valence-corrected chi connectivity index (χ0v) is 6.68. The van der Waals surface area contributed by atoms with Crippen LogP contribution in [0.25, 0.3) is 0 Å². The van der Waals surface area contributed by atoms with E-state index in [-0.39, 0.29) is 0 Å². The average molecular weight is 191 g/mol. The van der Waals surface area contributed by atoms with Gasteiger partial charge in [-0.1, -0.05) is 0 Å². The minimum absolute atomic E-state index is 0.748. The zero-order chi connectivity index (χ0) is 8.41. The van der Waals surface area contributed by atoms with Crippen LogP contribution in [-0.4, -0.2) is 36.2 Å². The van der Waals surface area contributed by atoms with Crippen LogP contribution in [0.15, 0.2) is 0 Å². The Balaban J connectivity index is 4.68. The number of ether oxygens (including phenoxy) is 1. The molecule has 0 rings (SSSR count). The smallest absolute Gasteiger partial charge is 0.323 e. The summed E-state index contributed by atoms with van der Waals surface area (Å²) in [6.07, 6.45) is 0. The van der Waals surface area contributed by atoms with Gasteiger partial charge in [0.1, 0.15) is 0 Å². The summed E-state index contributed by atoms with van der Waals surface area (Å²) in [5.74, 6) is -0.748. The van der Waals surface area contributed by atoms with Crippen LogP contribution in [0, 0.1) is 0 Å². The van der Waals surface area contributed by atoms with Crippen molar-refractivity contribution in [3.8, 4) is 0 Å². The quantitative estimate of drug-likeness (QED) is 0.353. The van der Waals surface area contributed by atoms with E-state index in [0.29, 0.717) is 0 Å². The Hall–Kier alpha value is 0.120. The number of hydrogen-bond donors (Lipinski definition) is 2. The van der Waals surface area contributed by atoms with Crippen molar-refractivity contribution in [3.63, 3.8) is 0 Å². The molecular weight excluding hydrogens is 184 g/mol. The van der Waals surface area contributed by atoms with E-state index in [1.54, 1.807) is 0 Å². The highest BCUT2D eigenvalue weighted by Crippen LogP contribution is 2.14. The maximum Gasteiger partial charge on any atom is 0.323 e. The predicted molar refractivity (Wildman–Crippen MR) is 34.2 cm³/mol. The van der Waals surface area contributed by atoms with Gasteiger partial charge in [0.25, 0.3) is 0 Å². The Labute approximate surface area is 63.3 Å². The summed E-state index contributed by atoms with van der Waals surface area (Å²) >= 11 is 4.98. The highest BCUT2D eigenvalue weighted by molar-refractivity contribution is 7.87. The highest BCUT2D eigenvalue weighted by Gasteiger charge is 2.40. The standard InChI is InChI=1S/C3H7ClO5S/c1-9-3(5,2-4)10(6,7)8/h5H,2H2,1H3,(H,6,7,8). The molecule has 0 amide bonds. The number of hydrogen-bond acceptors (Lipinski definition) is 4. The summed E-state index contributed by atoms with van der Waals surface area (Å²) in [6, 6.07) is 0. The monoisotopic (exact) mass is 190 g/mol. The second-order valence-electron chi connectivity index (χ2n) is 1.53. The van der Waals surface area contributed by atoms with Gasteiger partial charge in [-0.15, -0.1) is 11.6 Å². The van der Waals surface area contributed by atoms with Crippen LogP contribution in [0.3, 0.4) is 0 Å². The summed E-state index contributed by atoms with van der Waals surface area (Å²) < 4.78 is 32.7. The largest absolute Gasteiger partial charge is 0.351 e. The van der Waals surface area contributed by atoms with Crippen molar-refractivity contribution in [3.05, 3.63) is 0 Å². The first-order valence-electron chi connectivity index (χ1n) is 2.18. The van der Waals surface area contributed by atoms with Crippen LogP contribution >= 0.6 is 11.6 Å². The Kier molecular flexibility index (Phi) is 3.05. The lowest BCUT2D eigenvalue weighted by Gasteiger charge is -2.18. The minimum atomic E-state index is -4.66. The summed E-state index contributed by atoms with van der Waals surface area (Å²) in [5.41, 5.74) is 0. The normalized spacial score (nSPS) is 18.4. The first-order valence-corrected chi connectivity index (χ1v) is 4.15. The van der Waals surface area contributed by atoms with Crippen LogP contribution < -0.4 is 0 Å².